The molecule has 0 aliphatic rings. The lowest BCUT2D eigenvalue weighted by Crippen LogP contribution is -2.19. The van der Waals surface area contributed by atoms with Crippen molar-refractivity contribution < 1.29 is 0 Å². The highest BCUT2D eigenvalue weighted by Gasteiger charge is 2.23. The molecular weight excluding hydrogens is 264 g/mol. The smallest absolute Gasteiger partial charge is 0.0126 e. The van der Waals surface area contributed by atoms with Crippen molar-refractivity contribution in [3.05, 3.63) is 53.1 Å². The zero-order valence-electron chi connectivity index (χ0n) is 16.0. The van der Waals surface area contributed by atoms with Crippen LogP contribution in [0.15, 0.2) is 36.4 Å². The van der Waals surface area contributed by atoms with Gasteiger partial charge in [0.15, 0.2) is 0 Å². The molecule has 1 rings (SSSR count). The van der Waals surface area contributed by atoms with E-state index in [2.05, 4.69) is 105 Å². The monoisotopic (exact) mass is 298 g/mol. The minimum Gasteiger partial charge on any atom is -0.0791 e. The third-order valence-electron chi connectivity index (χ3n) is 3.69. The van der Waals surface area contributed by atoms with Crippen LogP contribution in [0.5, 0.6) is 0 Å². The summed E-state index contributed by atoms with van der Waals surface area (Å²) in [6.45, 7) is 20.4. The van der Waals surface area contributed by atoms with Gasteiger partial charge in [-0.05, 0) is 32.9 Å². The molecule has 1 aromatic carbocycles. The Bertz CT molecular complexity index is 517. The lowest BCUT2D eigenvalue weighted by molar-refractivity contribution is 0.544. The summed E-state index contributed by atoms with van der Waals surface area (Å²) in [5, 5.41) is 0. The summed E-state index contributed by atoms with van der Waals surface area (Å²) in [7, 11) is 0. The summed E-state index contributed by atoms with van der Waals surface area (Å²) >= 11 is 0. The summed E-state index contributed by atoms with van der Waals surface area (Å²) in [6, 6.07) is 6.73. The Morgan fingerprint density at radius 2 is 1.14 bits per heavy atom. The predicted octanol–water partition coefficient (Wildman–Crippen LogP) is 6.90. The average Bonchev–Trinajstić information content (AvgIpc) is 2.30. The zero-order valence-corrected chi connectivity index (χ0v) is 16.0. The highest BCUT2D eigenvalue weighted by molar-refractivity contribution is 5.62. The normalized spacial score (nSPS) is 14.2. The van der Waals surface area contributed by atoms with Crippen LogP contribution in [-0.2, 0) is 10.8 Å². The van der Waals surface area contributed by atoms with Gasteiger partial charge in [-0.3, -0.25) is 0 Å². The van der Waals surface area contributed by atoms with Crippen molar-refractivity contribution in [3.8, 4) is 0 Å². The van der Waals surface area contributed by atoms with Gasteiger partial charge < -0.3 is 0 Å². The molecule has 0 saturated carbocycles. The van der Waals surface area contributed by atoms with Crippen molar-refractivity contribution in [1.82, 2.24) is 0 Å². The first-order valence-corrected chi connectivity index (χ1v) is 8.32. The van der Waals surface area contributed by atoms with E-state index in [9.17, 15) is 0 Å². The van der Waals surface area contributed by atoms with Gasteiger partial charge in [0, 0.05) is 0 Å². The lowest BCUT2D eigenvalue weighted by atomic mass is 9.76. The van der Waals surface area contributed by atoms with Crippen LogP contribution in [0.1, 0.15) is 79.0 Å². The molecular formula is C22H34. The molecule has 122 valence electrons. The Balaban J connectivity index is 3.36. The fourth-order valence-corrected chi connectivity index (χ4v) is 2.55. The van der Waals surface area contributed by atoms with Crippen LogP contribution < -0.4 is 0 Å². The average molecular weight is 299 g/mol. The van der Waals surface area contributed by atoms with Gasteiger partial charge in [-0.15, -0.1) is 0 Å². The first kappa shape index (κ1) is 18.7. The van der Waals surface area contributed by atoms with E-state index in [1.807, 2.05) is 0 Å². The zero-order chi connectivity index (χ0) is 17.2. The minimum absolute atomic E-state index is 0.147. The molecule has 0 fully saturated rings. The number of rotatable bonds is 2. The van der Waals surface area contributed by atoms with Crippen molar-refractivity contribution in [3.63, 3.8) is 0 Å². The van der Waals surface area contributed by atoms with Gasteiger partial charge in [-0.25, -0.2) is 0 Å². The molecule has 0 heterocycles. The van der Waals surface area contributed by atoms with Crippen LogP contribution in [0, 0.1) is 5.41 Å². The minimum atomic E-state index is 0.147. The molecule has 0 aliphatic heterocycles. The molecule has 0 spiro atoms. The number of allylic oxidation sites excluding steroid dienone is 3. The molecule has 0 atom stereocenters. The van der Waals surface area contributed by atoms with E-state index < -0.39 is 0 Å². The van der Waals surface area contributed by atoms with Gasteiger partial charge in [0.25, 0.3) is 0 Å². The molecule has 0 unspecified atom stereocenters. The van der Waals surface area contributed by atoms with Gasteiger partial charge in [0.2, 0.25) is 0 Å². The SMILES string of the molecule is CC(C)(C)/C=C/C=C/c1c(C(C)(C)C)cccc1C(C)(C)C. The van der Waals surface area contributed by atoms with Crippen molar-refractivity contribution in [2.45, 2.75) is 73.1 Å². The molecule has 0 aliphatic carbocycles. The topological polar surface area (TPSA) is 0 Å². The Kier molecular flexibility index (Phi) is 5.49. The Morgan fingerprint density at radius 1 is 0.682 bits per heavy atom. The molecule has 0 saturated heterocycles. The predicted molar refractivity (Wildman–Crippen MR) is 101 cm³/mol. The first-order valence-electron chi connectivity index (χ1n) is 8.32. The summed E-state index contributed by atoms with van der Waals surface area (Å²) < 4.78 is 0. The molecule has 0 bridgehead atoms. The summed E-state index contributed by atoms with van der Waals surface area (Å²) in [5.41, 5.74) is 4.73. The largest absolute Gasteiger partial charge is 0.0791 e. The Labute approximate surface area is 138 Å². The molecule has 1 aromatic rings. The van der Waals surface area contributed by atoms with Crippen LogP contribution in [-0.4, -0.2) is 0 Å². The van der Waals surface area contributed by atoms with Gasteiger partial charge in [-0.2, -0.15) is 0 Å². The molecule has 0 amide bonds. The van der Waals surface area contributed by atoms with E-state index in [0.29, 0.717) is 0 Å². The van der Waals surface area contributed by atoms with Gasteiger partial charge in [0.1, 0.15) is 0 Å². The summed E-state index contributed by atoms with van der Waals surface area (Å²) in [5.74, 6) is 0. The van der Waals surface area contributed by atoms with Crippen LogP contribution >= 0.6 is 0 Å². The highest BCUT2D eigenvalue weighted by Crippen LogP contribution is 2.34. The maximum Gasteiger partial charge on any atom is -0.0126 e. The van der Waals surface area contributed by atoms with Gasteiger partial charge >= 0.3 is 0 Å². The van der Waals surface area contributed by atoms with E-state index in [0.717, 1.165) is 0 Å². The van der Waals surface area contributed by atoms with Crippen LogP contribution in [0.2, 0.25) is 0 Å². The standard InChI is InChI=1S/C22H34/c1-20(2,3)16-11-10-13-17-18(21(4,5)6)14-12-15-19(17)22(7,8)9/h10-16H,1-9H3/b13-10+,16-11+. The van der Waals surface area contributed by atoms with Gasteiger partial charge in [-0.1, -0.05) is 105 Å². The quantitative estimate of drug-likeness (QED) is 0.521. The van der Waals surface area contributed by atoms with Crippen LogP contribution in [0.25, 0.3) is 6.08 Å². The second-order valence-corrected chi connectivity index (χ2v) is 9.35. The molecule has 0 aromatic heterocycles. The van der Waals surface area contributed by atoms with Crippen LogP contribution in [0.4, 0.5) is 0 Å². The van der Waals surface area contributed by atoms with Crippen molar-refractivity contribution in [2.75, 3.05) is 0 Å². The first-order chi connectivity index (χ1) is 9.82. The number of benzene rings is 1. The maximum absolute atomic E-state index is 2.29. The fourth-order valence-electron chi connectivity index (χ4n) is 2.55. The Morgan fingerprint density at radius 3 is 1.50 bits per heavy atom. The summed E-state index contributed by atoms with van der Waals surface area (Å²) in [6.07, 6.45) is 8.89. The van der Waals surface area contributed by atoms with Crippen molar-refractivity contribution in [2.24, 2.45) is 5.41 Å². The molecule has 22 heavy (non-hydrogen) atoms. The molecule has 0 heteroatoms. The van der Waals surface area contributed by atoms with Crippen LogP contribution in [0.3, 0.4) is 0 Å². The third kappa shape index (κ3) is 5.48. The Hall–Kier alpha value is -1.30. The second-order valence-electron chi connectivity index (χ2n) is 9.35. The van der Waals surface area contributed by atoms with E-state index in [-0.39, 0.29) is 16.2 Å². The fraction of sp³-hybridized carbons (Fsp3) is 0.545. The highest BCUT2D eigenvalue weighted by atomic mass is 14.3. The van der Waals surface area contributed by atoms with Gasteiger partial charge in [0.05, 0.1) is 0 Å². The van der Waals surface area contributed by atoms with E-state index in [1.165, 1.54) is 16.7 Å². The third-order valence-corrected chi connectivity index (χ3v) is 3.69. The van der Waals surface area contributed by atoms with Crippen molar-refractivity contribution >= 4 is 6.08 Å². The molecule has 0 nitrogen and oxygen atoms in total. The number of hydrogen-bond acceptors (Lipinski definition) is 0. The van der Waals surface area contributed by atoms with Crippen molar-refractivity contribution in [1.29, 1.82) is 0 Å². The van der Waals surface area contributed by atoms with E-state index >= 15 is 0 Å². The number of hydrogen-bond donors (Lipinski definition) is 0. The van der Waals surface area contributed by atoms with E-state index in [1.54, 1.807) is 0 Å². The summed E-state index contributed by atoms with van der Waals surface area (Å²) in [4.78, 5) is 0. The van der Waals surface area contributed by atoms with E-state index in [4.69, 9.17) is 0 Å². The molecule has 0 N–H and O–H groups in total. The second kappa shape index (κ2) is 6.44. The lowest BCUT2D eigenvalue weighted by Gasteiger charge is -2.28. The molecule has 0 radical (unpaired) electrons. The maximum atomic E-state index is 2.29.